The number of nitrogens with zero attached hydrogens (tertiary/aromatic N) is 2. The molecule has 3 aliphatic rings. The van der Waals surface area contributed by atoms with Crippen molar-refractivity contribution in [1.29, 1.82) is 0 Å². The van der Waals surface area contributed by atoms with Gasteiger partial charge in [-0.05, 0) is 25.8 Å². The van der Waals surface area contributed by atoms with E-state index >= 15 is 0 Å². The minimum Gasteiger partial charge on any atom is -0.341 e. The molecule has 3 saturated heterocycles. The second-order valence-corrected chi connectivity index (χ2v) is 10.6. The molecule has 3 unspecified atom stereocenters. The first-order valence-corrected chi connectivity index (χ1v) is 12.2. The Morgan fingerprint density at radius 2 is 1.63 bits per heavy atom. The van der Waals surface area contributed by atoms with Crippen molar-refractivity contribution in [2.45, 2.75) is 50.0 Å². The van der Waals surface area contributed by atoms with E-state index in [1.165, 1.54) is 0 Å². The van der Waals surface area contributed by atoms with Crippen LogP contribution < -0.4 is 5.32 Å². The summed E-state index contributed by atoms with van der Waals surface area (Å²) in [6.45, 7) is 9.22. The lowest BCUT2D eigenvalue weighted by molar-refractivity contribution is -0.147. The van der Waals surface area contributed by atoms with Crippen LogP contribution in [0.15, 0.2) is 0 Å². The first-order chi connectivity index (χ1) is 12.6. The molecule has 3 fully saturated rings. The van der Waals surface area contributed by atoms with Crippen LogP contribution in [0, 0.1) is 5.41 Å². The number of hydrogen-bond donors (Lipinski definition) is 1. The zero-order valence-corrected chi connectivity index (χ0v) is 19.0. The summed E-state index contributed by atoms with van der Waals surface area (Å²) in [6, 6.07) is 0. The van der Waals surface area contributed by atoms with Crippen molar-refractivity contribution in [2.75, 3.05) is 50.8 Å². The van der Waals surface area contributed by atoms with Gasteiger partial charge in [0.05, 0.1) is 5.41 Å². The molecule has 5 nitrogen and oxygen atoms in total. The number of carbonyl (C=O) groups is 2. The van der Waals surface area contributed by atoms with Crippen LogP contribution >= 0.6 is 35.9 Å². The van der Waals surface area contributed by atoms with Gasteiger partial charge in [0.25, 0.3) is 0 Å². The van der Waals surface area contributed by atoms with Crippen LogP contribution in [0.4, 0.5) is 0 Å². The molecule has 0 radical (unpaired) electrons. The van der Waals surface area contributed by atoms with Crippen molar-refractivity contribution in [3.8, 4) is 0 Å². The van der Waals surface area contributed by atoms with Crippen molar-refractivity contribution in [1.82, 2.24) is 15.1 Å². The summed E-state index contributed by atoms with van der Waals surface area (Å²) in [4.78, 5) is 30.5. The number of carbonyl (C=O) groups excluding carboxylic acids is 2. The summed E-state index contributed by atoms with van der Waals surface area (Å²) in [6.07, 6.45) is 3.37. The lowest BCUT2D eigenvalue weighted by Gasteiger charge is -2.39. The molecule has 156 valence electrons. The Morgan fingerprint density at radius 1 is 1.04 bits per heavy atom. The molecular weight excluding hydrogens is 402 g/mol. The predicted octanol–water partition coefficient (Wildman–Crippen LogP) is 2.49. The molecule has 3 aliphatic heterocycles. The largest absolute Gasteiger partial charge is 0.341 e. The highest BCUT2D eigenvalue weighted by Crippen LogP contribution is 2.35. The maximum absolute atomic E-state index is 13.4. The van der Waals surface area contributed by atoms with Crippen LogP contribution in [0.25, 0.3) is 0 Å². The molecule has 3 atom stereocenters. The van der Waals surface area contributed by atoms with Crippen molar-refractivity contribution < 1.29 is 9.59 Å². The first-order valence-electron chi connectivity index (χ1n) is 10.1. The van der Waals surface area contributed by atoms with E-state index in [-0.39, 0.29) is 24.2 Å². The minimum atomic E-state index is -0.524. The molecule has 27 heavy (non-hydrogen) atoms. The van der Waals surface area contributed by atoms with Gasteiger partial charge in [0.1, 0.15) is 0 Å². The van der Waals surface area contributed by atoms with Gasteiger partial charge in [-0.25, -0.2) is 0 Å². The maximum Gasteiger partial charge on any atom is 0.230 e. The highest BCUT2D eigenvalue weighted by atomic mass is 35.5. The van der Waals surface area contributed by atoms with E-state index < -0.39 is 5.41 Å². The summed E-state index contributed by atoms with van der Waals surface area (Å²) in [7, 11) is 0. The summed E-state index contributed by atoms with van der Waals surface area (Å²) in [5.41, 5.74) is -0.524. The van der Waals surface area contributed by atoms with Gasteiger partial charge in [0, 0.05) is 61.2 Å². The van der Waals surface area contributed by atoms with Crippen molar-refractivity contribution in [3.63, 3.8) is 0 Å². The van der Waals surface area contributed by atoms with Crippen LogP contribution in [0.1, 0.15) is 39.5 Å². The summed E-state index contributed by atoms with van der Waals surface area (Å²) < 4.78 is 0. The third-order valence-electron chi connectivity index (χ3n) is 6.02. The van der Waals surface area contributed by atoms with Gasteiger partial charge in [0.15, 0.2) is 0 Å². The Hall–Kier alpha value is -0.110. The molecule has 0 bridgehead atoms. The molecule has 8 heteroatoms. The topological polar surface area (TPSA) is 52.7 Å². The average Bonchev–Trinajstić information content (AvgIpc) is 3.17. The van der Waals surface area contributed by atoms with Crippen LogP contribution in [-0.2, 0) is 9.59 Å². The third-order valence-corrected chi connectivity index (χ3v) is 8.76. The van der Waals surface area contributed by atoms with E-state index in [4.69, 9.17) is 0 Å². The zero-order chi connectivity index (χ0) is 18.6. The Kier molecular flexibility index (Phi) is 9.10. The average molecular weight is 436 g/mol. The quantitative estimate of drug-likeness (QED) is 0.718. The number of hydrogen-bond acceptors (Lipinski definition) is 5. The number of nitrogens with one attached hydrogen (secondary N) is 1. The molecule has 3 heterocycles. The van der Waals surface area contributed by atoms with Gasteiger partial charge in [-0.3, -0.25) is 9.59 Å². The van der Waals surface area contributed by atoms with Gasteiger partial charge < -0.3 is 15.1 Å². The van der Waals surface area contributed by atoms with Gasteiger partial charge in [-0.2, -0.15) is 23.5 Å². The molecule has 0 saturated carbocycles. The van der Waals surface area contributed by atoms with Crippen molar-refractivity contribution >= 4 is 47.7 Å². The smallest absolute Gasteiger partial charge is 0.230 e. The Balaban J connectivity index is 0.00000261. The fraction of sp³-hybridized carbons (Fsp3) is 0.895. The standard InChI is InChI=1S/C19H33N3O2S2.ClH/c1-3-15-12-21(7-9-25-15)17(23)11-19(5-6-20-14-19)18(24)22-8-10-26-16(4-2)13-22;/h15-16,20H,3-14H2,1-2H3;1H. The fourth-order valence-electron chi connectivity index (χ4n) is 4.23. The Labute approximate surface area is 178 Å². The van der Waals surface area contributed by atoms with Crippen molar-refractivity contribution in [2.24, 2.45) is 5.41 Å². The molecule has 1 N–H and O–H groups in total. The van der Waals surface area contributed by atoms with Gasteiger partial charge in [-0.1, -0.05) is 13.8 Å². The number of amides is 2. The third kappa shape index (κ3) is 5.49. The Bertz CT molecular complexity index is 517. The first kappa shape index (κ1) is 23.2. The lowest BCUT2D eigenvalue weighted by atomic mass is 9.81. The van der Waals surface area contributed by atoms with Gasteiger partial charge in [0.2, 0.25) is 11.8 Å². The fourth-order valence-corrected chi connectivity index (χ4v) is 6.59. The molecule has 0 aromatic rings. The van der Waals surface area contributed by atoms with Crippen LogP contribution in [0.5, 0.6) is 0 Å². The van der Waals surface area contributed by atoms with E-state index in [0.29, 0.717) is 23.5 Å². The van der Waals surface area contributed by atoms with E-state index in [9.17, 15) is 9.59 Å². The predicted molar refractivity (Wildman–Crippen MR) is 118 cm³/mol. The number of rotatable bonds is 5. The normalized spacial score (nSPS) is 31.5. The van der Waals surface area contributed by atoms with E-state index in [1.54, 1.807) is 0 Å². The molecule has 2 amide bonds. The molecular formula is C19H34ClN3O2S2. The van der Waals surface area contributed by atoms with Crippen LogP contribution in [-0.4, -0.2) is 82.9 Å². The summed E-state index contributed by atoms with van der Waals surface area (Å²) in [5, 5.41) is 4.45. The van der Waals surface area contributed by atoms with E-state index in [1.807, 2.05) is 33.3 Å². The molecule has 0 aliphatic carbocycles. The molecule has 0 spiro atoms. The van der Waals surface area contributed by atoms with E-state index in [0.717, 1.165) is 63.5 Å². The monoisotopic (exact) mass is 435 g/mol. The highest BCUT2D eigenvalue weighted by Gasteiger charge is 2.46. The molecule has 0 aromatic heterocycles. The lowest BCUT2D eigenvalue weighted by Crippen LogP contribution is -2.52. The molecule has 3 rings (SSSR count). The maximum atomic E-state index is 13.4. The SMILES string of the molecule is CCC1CN(C(=O)CC2(C(=O)N3CCSC(CC)C3)CCNC2)CCS1.Cl. The molecule has 0 aromatic carbocycles. The zero-order valence-electron chi connectivity index (χ0n) is 16.6. The van der Waals surface area contributed by atoms with Crippen LogP contribution in [0.3, 0.4) is 0 Å². The highest BCUT2D eigenvalue weighted by molar-refractivity contribution is 8.00. The summed E-state index contributed by atoms with van der Waals surface area (Å²) in [5.74, 6) is 2.43. The summed E-state index contributed by atoms with van der Waals surface area (Å²) >= 11 is 3.95. The van der Waals surface area contributed by atoms with Gasteiger partial charge in [-0.15, -0.1) is 12.4 Å². The minimum absolute atomic E-state index is 0. The number of halogens is 1. The van der Waals surface area contributed by atoms with Crippen molar-refractivity contribution in [3.05, 3.63) is 0 Å². The second-order valence-electron chi connectivity index (χ2n) is 7.78. The van der Waals surface area contributed by atoms with Crippen LogP contribution in [0.2, 0.25) is 0 Å². The second kappa shape index (κ2) is 10.6. The number of thioether (sulfide) groups is 2. The van der Waals surface area contributed by atoms with Gasteiger partial charge >= 0.3 is 0 Å². The van der Waals surface area contributed by atoms with E-state index in [2.05, 4.69) is 19.2 Å². The Morgan fingerprint density at radius 3 is 2.19 bits per heavy atom.